The molecule has 1 saturated heterocycles. The van der Waals surface area contributed by atoms with Crippen LogP contribution >= 0.6 is 50.9 Å². The van der Waals surface area contributed by atoms with Crippen LogP contribution in [0.15, 0.2) is 69.0 Å². The Morgan fingerprint density at radius 3 is 2.51 bits per heavy atom. The van der Waals surface area contributed by atoms with Gasteiger partial charge in [0.1, 0.15) is 12.4 Å². The van der Waals surface area contributed by atoms with E-state index in [1.165, 1.54) is 11.8 Å². The normalized spacial score (nSPS) is 15.4. The van der Waals surface area contributed by atoms with Crippen molar-refractivity contribution in [1.82, 2.24) is 5.32 Å². The minimum absolute atomic E-state index is 0.227. The molecular weight excluding hydrogens is 575 g/mol. The highest BCUT2D eigenvalue weighted by molar-refractivity contribution is 9.10. The van der Waals surface area contributed by atoms with Gasteiger partial charge in [0.2, 0.25) is 0 Å². The Hall–Kier alpha value is -2.65. The van der Waals surface area contributed by atoms with Crippen molar-refractivity contribution in [2.24, 2.45) is 4.99 Å². The fourth-order valence-electron chi connectivity index (χ4n) is 3.16. The van der Waals surface area contributed by atoms with Crippen LogP contribution in [0, 0.1) is 0 Å². The fourth-order valence-corrected chi connectivity index (χ4v) is 5.04. The Balaban J connectivity index is 1.52. The van der Waals surface area contributed by atoms with Gasteiger partial charge in [-0.25, -0.2) is 4.99 Å². The molecule has 1 aliphatic rings. The first-order valence-electron chi connectivity index (χ1n) is 10.2. The van der Waals surface area contributed by atoms with Gasteiger partial charge in [0.15, 0.2) is 16.7 Å². The van der Waals surface area contributed by atoms with Gasteiger partial charge in [-0.2, -0.15) is 0 Å². The Labute approximate surface area is 225 Å². The molecule has 35 heavy (non-hydrogen) atoms. The number of aliphatic imine (C=N–C) groups is 1. The molecule has 10 heteroatoms. The Kier molecular flexibility index (Phi) is 8.28. The van der Waals surface area contributed by atoms with Gasteiger partial charge in [-0.3, -0.25) is 4.79 Å². The number of carbonyl (C=O) groups excluding carboxylic acids is 1. The van der Waals surface area contributed by atoms with Gasteiger partial charge in [0.05, 0.1) is 29.3 Å². The van der Waals surface area contributed by atoms with E-state index in [1.54, 1.807) is 38.5 Å². The molecule has 3 aromatic rings. The second kappa shape index (κ2) is 11.4. The molecule has 4 rings (SSSR count). The quantitative estimate of drug-likeness (QED) is 0.292. The second-order valence-corrected chi connectivity index (χ2v) is 9.97. The van der Waals surface area contributed by atoms with E-state index in [9.17, 15) is 4.79 Å². The highest BCUT2D eigenvalue weighted by Crippen LogP contribution is 2.39. The number of hydrogen-bond acceptors (Lipinski definition) is 6. The molecule has 0 spiro atoms. The highest BCUT2D eigenvalue weighted by atomic mass is 79.9. The maximum atomic E-state index is 12.5. The second-order valence-electron chi connectivity index (χ2n) is 7.24. The number of ether oxygens (including phenoxy) is 3. The summed E-state index contributed by atoms with van der Waals surface area (Å²) >= 11 is 17.0. The summed E-state index contributed by atoms with van der Waals surface area (Å²) < 4.78 is 17.3. The molecule has 0 atom stereocenters. The summed E-state index contributed by atoms with van der Waals surface area (Å²) in [6.07, 6.45) is 1.77. The van der Waals surface area contributed by atoms with Gasteiger partial charge in [-0.05, 0) is 87.9 Å². The average Bonchev–Trinajstić information content (AvgIpc) is 3.17. The molecule has 0 saturated carbocycles. The number of methoxy groups -OCH3 is 2. The SMILES string of the molecule is COc1ccc(N=C2NC(=O)/C(=C\c3cc(Br)c(OCc4ccc(Cl)cc4Cl)c(OC)c3)S2)cc1. The van der Waals surface area contributed by atoms with Crippen LogP contribution in [0.3, 0.4) is 0 Å². The topological polar surface area (TPSA) is 69.2 Å². The minimum Gasteiger partial charge on any atom is -0.497 e. The summed E-state index contributed by atoms with van der Waals surface area (Å²) in [5.74, 6) is 1.54. The lowest BCUT2D eigenvalue weighted by atomic mass is 10.2. The van der Waals surface area contributed by atoms with Crippen LogP contribution in [0.5, 0.6) is 17.2 Å². The van der Waals surface area contributed by atoms with E-state index in [4.69, 9.17) is 37.4 Å². The summed E-state index contributed by atoms with van der Waals surface area (Å²) in [4.78, 5) is 17.5. The number of halogens is 3. The number of nitrogens with zero attached hydrogens (tertiary/aromatic N) is 1. The van der Waals surface area contributed by atoms with Crippen LogP contribution in [0.25, 0.3) is 6.08 Å². The predicted octanol–water partition coefficient (Wildman–Crippen LogP) is 7.24. The molecule has 1 aliphatic heterocycles. The molecule has 1 N–H and O–H groups in total. The third kappa shape index (κ3) is 6.32. The summed E-state index contributed by atoms with van der Waals surface area (Å²) in [5, 5.41) is 4.36. The predicted molar refractivity (Wildman–Crippen MR) is 145 cm³/mol. The number of benzene rings is 3. The van der Waals surface area contributed by atoms with Gasteiger partial charge in [0.25, 0.3) is 5.91 Å². The molecular formula is C25H19BrCl2N2O4S. The minimum atomic E-state index is -0.227. The van der Waals surface area contributed by atoms with Crippen LogP contribution < -0.4 is 19.5 Å². The van der Waals surface area contributed by atoms with Crippen LogP contribution in [0.2, 0.25) is 10.0 Å². The fraction of sp³-hybridized carbons (Fsp3) is 0.120. The van der Waals surface area contributed by atoms with E-state index in [0.717, 1.165) is 16.9 Å². The van der Waals surface area contributed by atoms with Gasteiger partial charge >= 0.3 is 0 Å². The summed E-state index contributed by atoms with van der Waals surface area (Å²) in [5.41, 5.74) is 2.26. The van der Waals surface area contributed by atoms with Crippen LogP contribution in [-0.2, 0) is 11.4 Å². The average molecular weight is 594 g/mol. The zero-order valence-corrected chi connectivity index (χ0v) is 22.5. The molecule has 1 heterocycles. The number of nitrogens with one attached hydrogen (secondary N) is 1. The molecule has 0 aromatic heterocycles. The number of hydrogen-bond donors (Lipinski definition) is 1. The maximum Gasteiger partial charge on any atom is 0.264 e. The van der Waals surface area contributed by atoms with Gasteiger partial charge in [-0.1, -0.05) is 29.3 Å². The molecule has 1 amide bonds. The van der Waals surface area contributed by atoms with Crippen molar-refractivity contribution in [1.29, 1.82) is 0 Å². The monoisotopic (exact) mass is 592 g/mol. The van der Waals surface area contributed by atoms with Crippen molar-refractivity contribution < 1.29 is 19.0 Å². The lowest BCUT2D eigenvalue weighted by molar-refractivity contribution is -0.115. The number of amides is 1. The molecule has 3 aromatic carbocycles. The Morgan fingerprint density at radius 2 is 1.83 bits per heavy atom. The van der Waals surface area contributed by atoms with Crippen molar-refractivity contribution in [3.8, 4) is 17.2 Å². The van der Waals surface area contributed by atoms with Crippen LogP contribution in [-0.4, -0.2) is 25.3 Å². The molecule has 6 nitrogen and oxygen atoms in total. The van der Waals surface area contributed by atoms with Gasteiger partial charge in [-0.15, -0.1) is 0 Å². The first kappa shape index (κ1) is 25.4. The van der Waals surface area contributed by atoms with E-state index in [2.05, 4.69) is 26.2 Å². The molecule has 0 aliphatic carbocycles. The number of amidine groups is 1. The first-order chi connectivity index (χ1) is 16.9. The lowest BCUT2D eigenvalue weighted by Gasteiger charge is -2.14. The van der Waals surface area contributed by atoms with E-state index < -0.39 is 0 Å². The third-order valence-corrected chi connectivity index (χ3v) is 6.98. The van der Waals surface area contributed by atoms with Crippen molar-refractivity contribution in [2.45, 2.75) is 6.61 Å². The summed E-state index contributed by atoms with van der Waals surface area (Å²) in [6.45, 7) is 0.231. The van der Waals surface area contributed by atoms with Gasteiger partial charge < -0.3 is 19.5 Å². The van der Waals surface area contributed by atoms with Crippen molar-refractivity contribution in [3.05, 3.63) is 85.1 Å². The number of carbonyl (C=O) groups is 1. The van der Waals surface area contributed by atoms with Crippen molar-refractivity contribution in [2.75, 3.05) is 14.2 Å². The van der Waals surface area contributed by atoms with E-state index >= 15 is 0 Å². The number of rotatable bonds is 7. The first-order valence-corrected chi connectivity index (χ1v) is 12.6. The summed E-state index contributed by atoms with van der Waals surface area (Å²) in [6, 6.07) is 16.1. The zero-order chi connectivity index (χ0) is 24.9. The van der Waals surface area contributed by atoms with E-state index in [-0.39, 0.29) is 12.5 Å². The van der Waals surface area contributed by atoms with E-state index in [0.29, 0.717) is 41.8 Å². The maximum absolute atomic E-state index is 12.5. The van der Waals surface area contributed by atoms with E-state index in [1.807, 2.05) is 36.4 Å². The van der Waals surface area contributed by atoms with Crippen LogP contribution in [0.1, 0.15) is 11.1 Å². The molecule has 180 valence electrons. The highest BCUT2D eigenvalue weighted by Gasteiger charge is 2.24. The lowest BCUT2D eigenvalue weighted by Crippen LogP contribution is -2.19. The molecule has 0 radical (unpaired) electrons. The van der Waals surface area contributed by atoms with Crippen molar-refractivity contribution in [3.63, 3.8) is 0 Å². The molecule has 0 unspecified atom stereocenters. The standard InChI is InChI=1S/C25H19BrCl2N2O4S/c1-32-18-7-5-17(6-8-18)29-25-30-24(31)22(35-25)11-14-9-19(26)23(21(10-14)33-2)34-13-15-3-4-16(27)12-20(15)28/h3-12H,13H2,1-2H3,(H,29,30,31)/b22-11+. The Morgan fingerprint density at radius 1 is 1.06 bits per heavy atom. The van der Waals surface area contributed by atoms with Crippen molar-refractivity contribution >= 4 is 73.7 Å². The van der Waals surface area contributed by atoms with Crippen LogP contribution in [0.4, 0.5) is 5.69 Å². The largest absolute Gasteiger partial charge is 0.497 e. The van der Waals surface area contributed by atoms with Gasteiger partial charge in [0, 0.05) is 15.6 Å². The Bertz CT molecular complexity index is 1330. The number of thioether (sulfide) groups is 1. The smallest absolute Gasteiger partial charge is 0.264 e. The zero-order valence-electron chi connectivity index (χ0n) is 18.6. The molecule has 1 fully saturated rings. The third-order valence-electron chi connectivity index (χ3n) is 4.89. The molecule has 0 bridgehead atoms. The summed E-state index contributed by atoms with van der Waals surface area (Å²) in [7, 11) is 3.16.